The van der Waals surface area contributed by atoms with Crippen molar-refractivity contribution in [1.82, 2.24) is 15.6 Å². The summed E-state index contributed by atoms with van der Waals surface area (Å²) in [6.45, 7) is 1.42. The molecule has 0 spiro atoms. The van der Waals surface area contributed by atoms with Crippen LogP contribution >= 0.6 is 0 Å². The molecule has 0 aliphatic heterocycles. The molecule has 1 aromatic rings. The minimum absolute atomic E-state index is 0.108. The Labute approximate surface area is 111 Å². The average molecular weight is 263 g/mol. The first-order valence-corrected chi connectivity index (χ1v) is 6.31. The molecule has 1 fully saturated rings. The van der Waals surface area contributed by atoms with Gasteiger partial charge in [0, 0.05) is 6.20 Å². The van der Waals surface area contributed by atoms with Crippen LogP contribution in [0.1, 0.15) is 28.9 Å². The molecule has 1 heterocycles. The third-order valence-corrected chi connectivity index (χ3v) is 2.95. The highest BCUT2D eigenvalue weighted by Crippen LogP contribution is 2.27. The number of hydrogen-bond donors (Lipinski definition) is 3. The molecule has 1 aliphatic carbocycles. The van der Waals surface area contributed by atoms with Gasteiger partial charge in [-0.25, -0.2) is 4.79 Å². The van der Waals surface area contributed by atoms with Crippen LogP contribution in [0.5, 0.6) is 0 Å². The second-order valence-electron chi connectivity index (χ2n) is 4.69. The number of carboxylic acids is 1. The molecule has 0 aromatic carbocycles. The zero-order valence-corrected chi connectivity index (χ0v) is 10.6. The summed E-state index contributed by atoms with van der Waals surface area (Å²) in [5.74, 6) is -0.369. The molecule has 0 unspecified atom stereocenters. The number of carbonyl (C=O) groups is 2. The molecule has 3 N–H and O–H groups in total. The van der Waals surface area contributed by atoms with E-state index in [1.54, 1.807) is 0 Å². The van der Waals surface area contributed by atoms with Crippen LogP contribution in [0.2, 0.25) is 0 Å². The molecule has 1 saturated carbocycles. The Balaban J connectivity index is 1.72. The van der Waals surface area contributed by atoms with Crippen molar-refractivity contribution in [3.8, 4) is 0 Å². The lowest BCUT2D eigenvalue weighted by Gasteiger charge is -2.06. The molecule has 0 atom stereocenters. The van der Waals surface area contributed by atoms with Gasteiger partial charge in [-0.05, 0) is 37.4 Å². The molecule has 1 amide bonds. The van der Waals surface area contributed by atoms with Crippen molar-refractivity contribution in [2.75, 3.05) is 13.1 Å². The Hall–Kier alpha value is -1.95. The summed E-state index contributed by atoms with van der Waals surface area (Å²) < 4.78 is 0. The fourth-order valence-electron chi connectivity index (χ4n) is 1.67. The fraction of sp³-hybridized carbons (Fsp3) is 0.462. The van der Waals surface area contributed by atoms with E-state index in [4.69, 9.17) is 5.11 Å². The summed E-state index contributed by atoms with van der Waals surface area (Å²) in [5, 5.41) is 14.6. The van der Waals surface area contributed by atoms with Crippen molar-refractivity contribution < 1.29 is 14.7 Å². The highest BCUT2D eigenvalue weighted by atomic mass is 16.4. The minimum atomic E-state index is -0.999. The van der Waals surface area contributed by atoms with Crippen LogP contribution in [-0.2, 0) is 11.3 Å². The number of nitrogens with zero attached hydrogens (tertiary/aromatic N) is 1. The number of carbonyl (C=O) groups excluding carboxylic acids is 1. The first kappa shape index (κ1) is 13.5. The van der Waals surface area contributed by atoms with Crippen LogP contribution in [-0.4, -0.2) is 35.1 Å². The lowest BCUT2D eigenvalue weighted by atomic mass is 10.2. The summed E-state index contributed by atoms with van der Waals surface area (Å²) in [4.78, 5) is 26.3. The monoisotopic (exact) mass is 263 g/mol. The van der Waals surface area contributed by atoms with E-state index in [1.807, 2.05) is 0 Å². The van der Waals surface area contributed by atoms with Crippen LogP contribution in [0.4, 0.5) is 0 Å². The van der Waals surface area contributed by atoms with E-state index >= 15 is 0 Å². The maximum Gasteiger partial charge on any atom is 0.335 e. The Morgan fingerprint density at radius 2 is 2.21 bits per heavy atom. The number of rotatable bonds is 7. The normalized spacial score (nSPS) is 14.1. The van der Waals surface area contributed by atoms with E-state index in [0.29, 0.717) is 5.69 Å². The van der Waals surface area contributed by atoms with Crippen molar-refractivity contribution in [2.24, 2.45) is 5.92 Å². The summed E-state index contributed by atoms with van der Waals surface area (Å²) in [6.07, 6.45) is 3.93. The van der Waals surface area contributed by atoms with Gasteiger partial charge in [0.05, 0.1) is 24.3 Å². The van der Waals surface area contributed by atoms with Gasteiger partial charge in [-0.1, -0.05) is 0 Å². The zero-order chi connectivity index (χ0) is 13.7. The quantitative estimate of drug-likeness (QED) is 0.662. The number of carboxylic acid groups (broad SMARTS) is 1. The van der Waals surface area contributed by atoms with Crippen LogP contribution in [0.25, 0.3) is 0 Å². The Bertz CT molecular complexity index is 472. The van der Waals surface area contributed by atoms with E-state index in [0.717, 1.165) is 12.5 Å². The van der Waals surface area contributed by atoms with Gasteiger partial charge in [-0.15, -0.1) is 0 Å². The van der Waals surface area contributed by atoms with Crippen LogP contribution in [0.15, 0.2) is 18.3 Å². The van der Waals surface area contributed by atoms with Gasteiger partial charge < -0.3 is 15.7 Å². The van der Waals surface area contributed by atoms with Gasteiger partial charge in [-0.3, -0.25) is 9.78 Å². The number of aromatic nitrogens is 1. The van der Waals surface area contributed by atoms with E-state index < -0.39 is 5.97 Å². The van der Waals surface area contributed by atoms with Crippen molar-refractivity contribution in [3.63, 3.8) is 0 Å². The standard InChI is InChI=1S/C13H17N3O3/c17-12(8-14-6-9-1-2-9)16-7-11-5-10(13(18)19)3-4-15-11/h3-5,9,14H,1-2,6-8H2,(H,16,17)(H,18,19). The molecule has 6 heteroatoms. The molecule has 2 rings (SSSR count). The van der Waals surface area contributed by atoms with Crippen LogP contribution in [0.3, 0.4) is 0 Å². The van der Waals surface area contributed by atoms with Gasteiger partial charge in [0.25, 0.3) is 0 Å². The van der Waals surface area contributed by atoms with E-state index in [1.165, 1.54) is 31.2 Å². The first-order valence-electron chi connectivity index (χ1n) is 6.31. The molecule has 1 aromatic heterocycles. The van der Waals surface area contributed by atoms with E-state index in [9.17, 15) is 9.59 Å². The molecule has 0 radical (unpaired) electrons. The number of amides is 1. The summed E-state index contributed by atoms with van der Waals surface area (Å²) in [7, 11) is 0. The van der Waals surface area contributed by atoms with Gasteiger partial charge >= 0.3 is 5.97 Å². The molecule has 0 bridgehead atoms. The average Bonchev–Trinajstić information content (AvgIpc) is 3.21. The first-order chi connectivity index (χ1) is 9.15. The highest BCUT2D eigenvalue weighted by Gasteiger charge is 2.20. The molecular formula is C13H17N3O3. The lowest BCUT2D eigenvalue weighted by Crippen LogP contribution is -2.34. The van der Waals surface area contributed by atoms with Gasteiger partial charge in [0.1, 0.15) is 0 Å². The molecular weight excluding hydrogens is 246 g/mol. The number of hydrogen-bond acceptors (Lipinski definition) is 4. The fourth-order valence-corrected chi connectivity index (χ4v) is 1.67. The van der Waals surface area contributed by atoms with Crippen LogP contribution < -0.4 is 10.6 Å². The van der Waals surface area contributed by atoms with Crippen molar-refractivity contribution in [3.05, 3.63) is 29.6 Å². The van der Waals surface area contributed by atoms with E-state index in [2.05, 4.69) is 15.6 Å². The molecule has 0 saturated heterocycles. The zero-order valence-electron chi connectivity index (χ0n) is 10.6. The van der Waals surface area contributed by atoms with Crippen LogP contribution in [0, 0.1) is 5.92 Å². The summed E-state index contributed by atoms with van der Waals surface area (Å²) in [5.41, 5.74) is 0.710. The SMILES string of the molecule is O=C(CNCC1CC1)NCc1cc(C(=O)O)ccn1. The Kier molecular flexibility index (Phi) is 4.46. The lowest BCUT2D eigenvalue weighted by molar-refractivity contribution is -0.120. The predicted molar refractivity (Wildman–Crippen MR) is 68.6 cm³/mol. The van der Waals surface area contributed by atoms with Crippen molar-refractivity contribution in [2.45, 2.75) is 19.4 Å². The third-order valence-electron chi connectivity index (χ3n) is 2.95. The summed E-state index contributed by atoms with van der Waals surface area (Å²) in [6, 6.07) is 2.88. The largest absolute Gasteiger partial charge is 0.478 e. The predicted octanol–water partition coefficient (Wildman–Crippen LogP) is 0.396. The number of nitrogens with one attached hydrogen (secondary N) is 2. The Morgan fingerprint density at radius 3 is 2.89 bits per heavy atom. The molecule has 19 heavy (non-hydrogen) atoms. The van der Waals surface area contributed by atoms with E-state index in [-0.39, 0.29) is 24.6 Å². The third kappa shape index (κ3) is 4.67. The molecule has 6 nitrogen and oxygen atoms in total. The van der Waals surface area contributed by atoms with Gasteiger partial charge in [0.2, 0.25) is 5.91 Å². The molecule has 102 valence electrons. The Morgan fingerprint density at radius 1 is 1.42 bits per heavy atom. The van der Waals surface area contributed by atoms with Gasteiger partial charge in [0.15, 0.2) is 0 Å². The maximum absolute atomic E-state index is 11.5. The maximum atomic E-state index is 11.5. The second kappa shape index (κ2) is 6.29. The minimum Gasteiger partial charge on any atom is -0.478 e. The van der Waals surface area contributed by atoms with Crippen molar-refractivity contribution in [1.29, 1.82) is 0 Å². The smallest absolute Gasteiger partial charge is 0.335 e. The van der Waals surface area contributed by atoms with Crippen molar-refractivity contribution >= 4 is 11.9 Å². The molecule has 1 aliphatic rings. The van der Waals surface area contributed by atoms with Gasteiger partial charge in [-0.2, -0.15) is 0 Å². The summed E-state index contributed by atoms with van der Waals surface area (Å²) >= 11 is 0. The second-order valence-corrected chi connectivity index (χ2v) is 4.69. The number of pyridine rings is 1. The highest BCUT2D eigenvalue weighted by molar-refractivity contribution is 5.87. The topological polar surface area (TPSA) is 91.3 Å². The number of aromatic carboxylic acids is 1.